The van der Waals surface area contributed by atoms with E-state index in [9.17, 15) is 74.6 Å². The van der Waals surface area contributed by atoms with E-state index in [2.05, 4.69) is 9.47 Å². The van der Waals surface area contributed by atoms with Crippen LogP contribution in [0.15, 0.2) is 0 Å². The molecule has 0 fully saturated rings. The molecule has 0 aromatic carbocycles. The van der Waals surface area contributed by atoms with Gasteiger partial charge in [-0.1, -0.05) is 0 Å². The van der Waals surface area contributed by atoms with Crippen LogP contribution in [0.2, 0.25) is 0 Å². The zero-order valence-corrected chi connectivity index (χ0v) is 13.7. The number of rotatable bonds is 10. The summed E-state index contributed by atoms with van der Waals surface area (Å²) < 4.78 is 225. The van der Waals surface area contributed by atoms with Gasteiger partial charge in [0.1, 0.15) is 0 Å². The predicted molar refractivity (Wildman–Crippen MR) is 58.5 cm³/mol. The zero-order valence-electron chi connectivity index (χ0n) is 13.7. The lowest BCUT2D eigenvalue weighted by Crippen LogP contribution is -2.74. The van der Waals surface area contributed by atoms with Crippen LogP contribution < -0.4 is 0 Å². The number of alkyl halides is 17. The molecule has 0 aromatic heterocycles. The summed E-state index contributed by atoms with van der Waals surface area (Å²) >= 11 is 0. The molecule has 0 spiro atoms. The standard InChI is InChI=1S/C11H7F17O2/c1-29-2-3-30-11(27,28)9(22,23)7(18,19)5(14,15)4(12,13)6(16,17)8(20,21)10(24,25)26/h2-3H2,1H3. The fraction of sp³-hybridized carbons (Fsp3) is 1.00. The van der Waals surface area contributed by atoms with E-state index in [0.717, 1.165) is 0 Å². The first-order chi connectivity index (χ1) is 12.8. The summed E-state index contributed by atoms with van der Waals surface area (Å²) in [4.78, 5) is 0. The molecule has 0 aliphatic rings. The molecule has 0 aliphatic carbocycles. The Morgan fingerprint density at radius 1 is 0.433 bits per heavy atom. The normalized spacial score (nSPS) is 16.2. The fourth-order valence-corrected chi connectivity index (χ4v) is 1.49. The molecule has 0 heterocycles. The minimum Gasteiger partial charge on any atom is -0.382 e. The summed E-state index contributed by atoms with van der Waals surface area (Å²) in [5.41, 5.74) is 0. The van der Waals surface area contributed by atoms with Crippen LogP contribution in [0, 0.1) is 0 Å². The van der Waals surface area contributed by atoms with Gasteiger partial charge in [-0.25, -0.2) is 0 Å². The van der Waals surface area contributed by atoms with Crippen molar-refractivity contribution in [3.8, 4) is 0 Å². The Hall–Kier alpha value is -1.27. The maximum Gasteiger partial charge on any atom is 0.460 e. The van der Waals surface area contributed by atoms with Crippen molar-refractivity contribution in [1.29, 1.82) is 0 Å². The van der Waals surface area contributed by atoms with Crippen LogP contribution in [-0.2, 0) is 9.47 Å². The molecule has 19 heteroatoms. The van der Waals surface area contributed by atoms with E-state index in [4.69, 9.17) is 0 Å². The van der Waals surface area contributed by atoms with E-state index >= 15 is 0 Å². The van der Waals surface area contributed by atoms with Crippen LogP contribution in [0.5, 0.6) is 0 Å². The van der Waals surface area contributed by atoms with Gasteiger partial charge in [0, 0.05) is 7.11 Å². The lowest BCUT2D eigenvalue weighted by atomic mass is 9.90. The minimum absolute atomic E-state index is 0.686. The second kappa shape index (κ2) is 7.70. The molecular formula is C11H7F17O2. The van der Waals surface area contributed by atoms with Gasteiger partial charge in [-0.15, -0.1) is 0 Å². The number of hydrogen-bond donors (Lipinski definition) is 0. The maximum absolute atomic E-state index is 13.3. The second-order valence-electron chi connectivity index (χ2n) is 5.30. The average Bonchev–Trinajstić information content (AvgIpc) is 2.52. The highest BCUT2D eigenvalue weighted by Gasteiger charge is 2.95. The third-order valence-corrected chi connectivity index (χ3v) is 3.26. The molecular weight excluding hydrogens is 487 g/mol. The summed E-state index contributed by atoms with van der Waals surface area (Å²) in [5.74, 6) is -50.1. The maximum atomic E-state index is 13.3. The van der Waals surface area contributed by atoms with E-state index in [1.165, 1.54) is 0 Å². The summed E-state index contributed by atoms with van der Waals surface area (Å²) in [6.07, 6.45) is -14.6. The number of ether oxygens (including phenoxy) is 2. The third kappa shape index (κ3) is 3.86. The summed E-state index contributed by atoms with van der Waals surface area (Å²) in [7, 11) is 0.686. The van der Waals surface area contributed by atoms with Gasteiger partial charge >= 0.3 is 47.8 Å². The van der Waals surface area contributed by atoms with Crippen molar-refractivity contribution in [2.45, 2.75) is 47.8 Å². The Balaban J connectivity index is 6.48. The first-order valence-electron chi connectivity index (χ1n) is 6.65. The Morgan fingerprint density at radius 3 is 1.03 bits per heavy atom. The molecule has 0 atom stereocenters. The molecule has 0 unspecified atom stereocenters. The van der Waals surface area contributed by atoms with Crippen LogP contribution in [-0.4, -0.2) is 68.1 Å². The molecule has 0 aliphatic heterocycles. The molecule has 0 amide bonds. The number of halogens is 17. The van der Waals surface area contributed by atoms with Gasteiger partial charge < -0.3 is 9.47 Å². The monoisotopic (exact) mass is 494 g/mol. The average molecular weight is 494 g/mol. The third-order valence-electron chi connectivity index (χ3n) is 3.26. The fourth-order valence-electron chi connectivity index (χ4n) is 1.49. The highest BCUT2D eigenvalue weighted by atomic mass is 19.4. The van der Waals surface area contributed by atoms with Crippen LogP contribution in [0.4, 0.5) is 74.6 Å². The highest BCUT2D eigenvalue weighted by Crippen LogP contribution is 2.63. The van der Waals surface area contributed by atoms with E-state index in [0.29, 0.717) is 7.11 Å². The molecule has 182 valence electrons. The van der Waals surface area contributed by atoms with Gasteiger partial charge in [-0.05, 0) is 0 Å². The quantitative estimate of drug-likeness (QED) is 0.290. The van der Waals surface area contributed by atoms with Crippen LogP contribution >= 0.6 is 0 Å². The molecule has 0 radical (unpaired) electrons. The number of hydrogen-bond acceptors (Lipinski definition) is 2. The lowest BCUT2D eigenvalue weighted by molar-refractivity contribution is -0.477. The molecule has 2 nitrogen and oxygen atoms in total. The van der Waals surface area contributed by atoms with Gasteiger partial charge in [0.25, 0.3) is 0 Å². The molecule has 0 bridgehead atoms. The van der Waals surface area contributed by atoms with E-state index < -0.39 is 61.0 Å². The first-order valence-corrected chi connectivity index (χ1v) is 6.65. The summed E-state index contributed by atoms with van der Waals surface area (Å²) in [6.45, 7) is -2.90. The Kier molecular flexibility index (Phi) is 7.37. The van der Waals surface area contributed by atoms with E-state index in [1.807, 2.05) is 0 Å². The van der Waals surface area contributed by atoms with Crippen molar-refractivity contribution in [3.05, 3.63) is 0 Å². The Morgan fingerprint density at radius 2 is 0.733 bits per heavy atom. The summed E-state index contributed by atoms with van der Waals surface area (Å²) in [6, 6.07) is 0. The van der Waals surface area contributed by atoms with Gasteiger partial charge in [0.2, 0.25) is 0 Å². The van der Waals surface area contributed by atoms with Gasteiger partial charge in [-0.3, -0.25) is 0 Å². The topological polar surface area (TPSA) is 18.5 Å². The van der Waals surface area contributed by atoms with Gasteiger partial charge in [0.15, 0.2) is 0 Å². The van der Waals surface area contributed by atoms with Crippen molar-refractivity contribution in [2.24, 2.45) is 0 Å². The van der Waals surface area contributed by atoms with Crippen LogP contribution in [0.25, 0.3) is 0 Å². The molecule has 30 heavy (non-hydrogen) atoms. The first kappa shape index (κ1) is 28.7. The molecule has 0 N–H and O–H groups in total. The number of methoxy groups -OCH3 is 1. The van der Waals surface area contributed by atoms with Crippen molar-refractivity contribution >= 4 is 0 Å². The van der Waals surface area contributed by atoms with Crippen LogP contribution in [0.1, 0.15) is 0 Å². The SMILES string of the molecule is COCCOC(F)(F)C(F)(F)C(F)(F)C(F)(F)C(F)(F)C(F)(F)C(F)(F)C(F)(F)F. The van der Waals surface area contributed by atoms with E-state index in [1.54, 1.807) is 0 Å². The molecule has 0 aromatic rings. The summed E-state index contributed by atoms with van der Waals surface area (Å²) in [5, 5.41) is 0. The largest absolute Gasteiger partial charge is 0.460 e. The van der Waals surface area contributed by atoms with Crippen molar-refractivity contribution in [2.75, 3.05) is 20.3 Å². The lowest BCUT2D eigenvalue weighted by Gasteiger charge is -2.42. The van der Waals surface area contributed by atoms with Gasteiger partial charge in [-0.2, -0.15) is 74.6 Å². The van der Waals surface area contributed by atoms with Crippen molar-refractivity contribution < 1.29 is 84.1 Å². The molecule has 0 saturated heterocycles. The minimum atomic E-state index is -8.64. The molecule has 0 saturated carbocycles. The Bertz CT molecular complexity index is 593. The smallest absolute Gasteiger partial charge is 0.382 e. The van der Waals surface area contributed by atoms with E-state index in [-0.39, 0.29) is 0 Å². The zero-order chi connectivity index (χ0) is 24.8. The predicted octanol–water partition coefficient (Wildman–Crippen LogP) is 5.62. The van der Waals surface area contributed by atoms with Crippen molar-refractivity contribution in [3.63, 3.8) is 0 Å². The Labute approximate surface area is 153 Å². The second-order valence-corrected chi connectivity index (χ2v) is 5.30. The molecule has 0 rings (SSSR count). The van der Waals surface area contributed by atoms with Gasteiger partial charge in [0.05, 0.1) is 13.2 Å². The highest BCUT2D eigenvalue weighted by molar-refractivity contribution is 5.14. The van der Waals surface area contributed by atoms with Crippen molar-refractivity contribution in [1.82, 2.24) is 0 Å². The van der Waals surface area contributed by atoms with Crippen LogP contribution in [0.3, 0.4) is 0 Å².